The fraction of sp³-hybridized carbons (Fsp3) is 0.286. The number of hydrogen-bond donors (Lipinski definition) is 3. The summed E-state index contributed by atoms with van der Waals surface area (Å²) in [5.41, 5.74) is 1.82. The van der Waals surface area contributed by atoms with Gasteiger partial charge in [-0.15, -0.1) is 0 Å². The molecular weight excluding hydrogens is 363 g/mol. The number of carboxylic acids is 1. The number of carboxylic acid groups (broad SMARTS) is 1. The van der Waals surface area contributed by atoms with Gasteiger partial charge in [-0.25, -0.2) is 4.39 Å². The van der Waals surface area contributed by atoms with Crippen molar-refractivity contribution in [1.82, 2.24) is 5.32 Å². The zero-order valence-corrected chi connectivity index (χ0v) is 15.6. The number of unbranched alkanes of at least 4 members (excludes halogenated alkanes) is 1. The SMILES string of the molecule is CC(NC(=O)CCCCC(=O)O)c1ccc(NC(=O)c2ccc(F)cc2)cc1. The quantitative estimate of drug-likeness (QED) is 0.570. The van der Waals surface area contributed by atoms with E-state index >= 15 is 0 Å². The second-order valence-electron chi connectivity index (χ2n) is 6.47. The Labute approximate surface area is 162 Å². The highest BCUT2D eigenvalue weighted by Gasteiger charge is 2.11. The summed E-state index contributed by atoms with van der Waals surface area (Å²) in [7, 11) is 0. The second-order valence-corrected chi connectivity index (χ2v) is 6.47. The summed E-state index contributed by atoms with van der Waals surface area (Å²) < 4.78 is 12.9. The first-order valence-corrected chi connectivity index (χ1v) is 9.03. The third-order valence-electron chi connectivity index (χ3n) is 4.20. The summed E-state index contributed by atoms with van der Waals surface area (Å²) in [6.07, 6.45) is 1.34. The van der Waals surface area contributed by atoms with E-state index in [0.29, 0.717) is 24.1 Å². The van der Waals surface area contributed by atoms with E-state index in [-0.39, 0.29) is 30.7 Å². The topological polar surface area (TPSA) is 95.5 Å². The highest BCUT2D eigenvalue weighted by molar-refractivity contribution is 6.04. The summed E-state index contributed by atoms with van der Waals surface area (Å²) in [6.45, 7) is 1.85. The normalized spacial score (nSPS) is 11.5. The Bertz CT molecular complexity index is 819. The van der Waals surface area contributed by atoms with Crippen LogP contribution in [-0.2, 0) is 9.59 Å². The largest absolute Gasteiger partial charge is 0.481 e. The Hall–Kier alpha value is -3.22. The molecule has 2 amide bonds. The summed E-state index contributed by atoms with van der Waals surface area (Å²) in [4.78, 5) is 34.5. The summed E-state index contributed by atoms with van der Waals surface area (Å²) >= 11 is 0. The molecule has 0 saturated heterocycles. The Morgan fingerprint density at radius 3 is 2.18 bits per heavy atom. The zero-order chi connectivity index (χ0) is 20.5. The van der Waals surface area contributed by atoms with Crippen LogP contribution in [0, 0.1) is 5.82 Å². The number of halogens is 1. The van der Waals surface area contributed by atoms with Gasteiger partial charge in [-0.3, -0.25) is 14.4 Å². The molecule has 0 aliphatic carbocycles. The van der Waals surface area contributed by atoms with Crippen LogP contribution in [0.15, 0.2) is 48.5 Å². The van der Waals surface area contributed by atoms with Crippen molar-refractivity contribution in [2.75, 3.05) is 5.32 Å². The van der Waals surface area contributed by atoms with Gasteiger partial charge in [0.25, 0.3) is 5.91 Å². The Morgan fingerprint density at radius 2 is 1.57 bits per heavy atom. The fourth-order valence-corrected chi connectivity index (χ4v) is 2.62. The molecular formula is C21H23FN2O4. The number of rotatable bonds is 9. The first kappa shape index (κ1) is 21.1. The molecule has 0 bridgehead atoms. The van der Waals surface area contributed by atoms with Crippen LogP contribution < -0.4 is 10.6 Å². The zero-order valence-electron chi connectivity index (χ0n) is 15.6. The molecule has 0 aliphatic rings. The van der Waals surface area contributed by atoms with Crippen LogP contribution in [0.5, 0.6) is 0 Å². The predicted octanol–water partition coefficient (Wildman–Crippen LogP) is 3.90. The van der Waals surface area contributed by atoms with Gasteiger partial charge in [0.15, 0.2) is 0 Å². The van der Waals surface area contributed by atoms with Crippen LogP contribution in [0.4, 0.5) is 10.1 Å². The molecule has 1 atom stereocenters. The van der Waals surface area contributed by atoms with Crippen LogP contribution in [0.1, 0.15) is 54.6 Å². The minimum atomic E-state index is -0.861. The van der Waals surface area contributed by atoms with Gasteiger partial charge < -0.3 is 15.7 Å². The molecule has 28 heavy (non-hydrogen) atoms. The number of hydrogen-bond acceptors (Lipinski definition) is 3. The van der Waals surface area contributed by atoms with Gasteiger partial charge in [-0.05, 0) is 61.7 Å². The van der Waals surface area contributed by atoms with Crippen LogP contribution in [-0.4, -0.2) is 22.9 Å². The minimum absolute atomic E-state index is 0.0634. The van der Waals surface area contributed by atoms with Gasteiger partial charge >= 0.3 is 5.97 Å². The summed E-state index contributed by atoms with van der Waals surface area (Å²) in [6, 6.07) is 12.1. The maximum Gasteiger partial charge on any atom is 0.303 e. The van der Waals surface area contributed by atoms with E-state index in [2.05, 4.69) is 10.6 Å². The predicted molar refractivity (Wildman–Crippen MR) is 103 cm³/mol. The van der Waals surface area contributed by atoms with E-state index in [1.54, 1.807) is 24.3 Å². The van der Waals surface area contributed by atoms with Crippen LogP contribution in [0.2, 0.25) is 0 Å². The number of carbonyl (C=O) groups is 3. The van der Waals surface area contributed by atoms with Gasteiger partial charge in [-0.1, -0.05) is 12.1 Å². The van der Waals surface area contributed by atoms with Crippen LogP contribution >= 0.6 is 0 Å². The van der Waals surface area contributed by atoms with Gasteiger partial charge in [-0.2, -0.15) is 0 Å². The molecule has 2 aromatic rings. The van der Waals surface area contributed by atoms with E-state index < -0.39 is 11.8 Å². The summed E-state index contributed by atoms with van der Waals surface area (Å²) in [5.74, 6) is -1.73. The molecule has 0 spiro atoms. The smallest absolute Gasteiger partial charge is 0.303 e. The van der Waals surface area contributed by atoms with E-state index in [0.717, 1.165) is 5.56 Å². The van der Waals surface area contributed by atoms with Crippen molar-refractivity contribution in [1.29, 1.82) is 0 Å². The number of amides is 2. The molecule has 0 saturated carbocycles. The van der Waals surface area contributed by atoms with Crippen LogP contribution in [0.3, 0.4) is 0 Å². The third kappa shape index (κ3) is 6.83. The second kappa shape index (κ2) is 10.2. The molecule has 2 aromatic carbocycles. The number of anilines is 1. The van der Waals surface area contributed by atoms with E-state index in [9.17, 15) is 18.8 Å². The van der Waals surface area contributed by atoms with Crippen molar-refractivity contribution >= 4 is 23.5 Å². The van der Waals surface area contributed by atoms with Crippen molar-refractivity contribution in [2.24, 2.45) is 0 Å². The van der Waals surface area contributed by atoms with Crippen LogP contribution in [0.25, 0.3) is 0 Å². The molecule has 2 rings (SSSR count). The lowest BCUT2D eigenvalue weighted by Crippen LogP contribution is -2.26. The van der Waals surface area contributed by atoms with E-state index in [4.69, 9.17) is 5.11 Å². The van der Waals surface area contributed by atoms with Gasteiger partial charge in [0.05, 0.1) is 6.04 Å². The minimum Gasteiger partial charge on any atom is -0.481 e. The lowest BCUT2D eigenvalue weighted by Gasteiger charge is -2.15. The average molecular weight is 386 g/mol. The molecule has 148 valence electrons. The summed E-state index contributed by atoms with van der Waals surface area (Å²) in [5, 5.41) is 14.2. The first-order valence-electron chi connectivity index (χ1n) is 9.03. The monoisotopic (exact) mass is 386 g/mol. The van der Waals surface area contributed by atoms with E-state index in [1.807, 2.05) is 6.92 Å². The van der Waals surface area contributed by atoms with Gasteiger partial charge in [0.1, 0.15) is 5.82 Å². The van der Waals surface area contributed by atoms with Crippen molar-refractivity contribution in [2.45, 2.75) is 38.6 Å². The first-order chi connectivity index (χ1) is 13.3. The van der Waals surface area contributed by atoms with Crippen molar-refractivity contribution in [3.63, 3.8) is 0 Å². The third-order valence-corrected chi connectivity index (χ3v) is 4.20. The fourth-order valence-electron chi connectivity index (χ4n) is 2.62. The van der Waals surface area contributed by atoms with E-state index in [1.165, 1.54) is 24.3 Å². The van der Waals surface area contributed by atoms with Crippen molar-refractivity contribution in [3.8, 4) is 0 Å². The standard InChI is InChI=1S/C21H23FN2O4/c1-14(23-19(25)4-2-3-5-20(26)27)15-8-12-18(13-9-15)24-21(28)16-6-10-17(22)11-7-16/h6-14H,2-5H2,1H3,(H,23,25)(H,24,28)(H,26,27). The molecule has 0 radical (unpaired) electrons. The molecule has 0 aromatic heterocycles. The number of benzene rings is 2. The van der Waals surface area contributed by atoms with Gasteiger partial charge in [0, 0.05) is 24.1 Å². The molecule has 0 heterocycles. The molecule has 3 N–H and O–H groups in total. The highest BCUT2D eigenvalue weighted by atomic mass is 19.1. The number of aliphatic carboxylic acids is 1. The molecule has 7 heteroatoms. The number of nitrogens with one attached hydrogen (secondary N) is 2. The molecule has 0 aliphatic heterocycles. The van der Waals surface area contributed by atoms with Crippen molar-refractivity contribution < 1.29 is 23.9 Å². The molecule has 6 nitrogen and oxygen atoms in total. The van der Waals surface area contributed by atoms with Gasteiger partial charge in [0.2, 0.25) is 5.91 Å². The maximum atomic E-state index is 12.9. The highest BCUT2D eigenvalue weighted by Crippen LogP contribution is 2.17. The Kier molecular flexibility index (Phi) is 7.68. The lowest BCUT2D eigenvalue weighted by atomic mass is 10.1. The Morgan fingerprint density at radius 1 is 0.964 bits per heavy atom. The Balaban J connectivity index is 1.83. The van der Waals surface area contributed by atoms with Crippen molar-refractivity contribution in [3.05, 3.63) is 65.5 Å². The molecule has 1 unspecified atom stereocenters. The average Bonchev–Trinajstić information content (AvgIpc) is 2.66. The molecule has 0 fully saturated rings. The lowest BCUT2D eigenvalue weighted by molar-refractivity contribution is -0.137. The number of carbonyl (C=O) groups excluding carboxylic acids is 2. The maximum absolute atomic E-state index is 12.9.